The maximum Gasteiger partial charge on any atom is 0.315 e. The molecule has 0 aromatic carbocycles. The Morgan fingerprint density at radius 1 is 1.37 bits per heavy atom. The molecule has 1 fully saturated rings. The van der Waals surface area contributed by atoms with E-state index in [1.54, 1.807) is 17.9 Å². The lowest BCUT2D eigenvalue weighted by Crippen LogP contribution is -2.51. The van der Waals surface area contributed by atoms with Gasteiger partial charge in [-0.05, 0) is 40.0 Å². The Labute approximate surface area is 112 Å². The van der Waals surface area contributed by atoms with Gasteiger partial charge in [-0.3, -0.25) is 14.9 Å². The van der Waals surface area contributed by atoms with E-state index >= 15 is 0 Å². The molecule has 6 nitrogen and oxygen atoms in total. The van der Waals surface area contributed by atoms with Crippen molar-refractivity contribution in [2.24, 2.45) is 0 Å². The molecule has 0 spiro atoms. The highest BCUT2D eigenvalue weighted by atomic mass is 16.5. The summed E-state index contributed by atoms with van der Waals surface area (Å²) in [6.45, 7) is 5.67. The van der Waals surface area contributed by atoms with E-state index < -0.39 is 11.8 Å². The van der Waals surface area contributed by atoms with E-state index in [-0.39, 0.29) is 17.9 Å². The Morgan fingerprint density at radius 3 is 2.53 bits per heavy atom. The highest BCUT2D eigenvalue weighted by molar-refractivity contribution is 6.39. The van der Waals surface area contributed by atoms with Crippen LogP contribution in [0.15, 0.2) is 10.6 Å². The fourth-order valence-electron chi connectivity index (χ4n) is 2.53. The summed E-state index contributed by atoms with van der Waals surface area (Å²) in [5, 5.41) is 6.11. The number of likely N-dealkylation sites (tertiary alicyclic amines) is 1. The Morgan fingerprint density at radius 2 is 2.00 bits per heavy atom. The molecule has 0 radical (unpaired) electrons. The van der Waals surface area contributed by atoms with Crippen LogP contribution in [0.5, 0.6) is 0 Å². The second kappa shape index (κ2) is 5.42. The number of aryl methyl sites for hydroxylation is 1. The van der Waals surface area contributed by atoms with Gasteiger partial charge in [0.15, 0.2) is 5.82 Å². The molecule has 1 aliphatic heterocycles. The van der Waals surface area contributed by atoms with E-state index in [9.17, 15) is 9.59 Å². The number of anilines is 1. The summed E-state index contributed by atoms with van der Waals surface area (Å²) in [7, 11) is 0. The van der Waals surface area contributed by atoms with Crippen molar-refractivity contribution in [1.82, 2.24) is 10.1 Å². The molecule has 2 heterocycles. The molecule has 2 amide bonds. The normalized spacial score (nSPS) is 23.2. The fraction of sp³-hybridized carbons (Fsp3) is 0.615. The average molecular weight is 265 g/mol. The molecule has 19 heavy (non-hydrogen) atoms. The molecular weight excluding hydrogens is 246 g/mol. The monoisotopic (exact) mass is 265 g/mol. The lowest BCUT2D eigenvalue weighted by molar-refractivity contribution is -0.147. The van der Waals surface area contributed by atoms with Crippen molar-refractivity contribution >= 4 is 17.6 Å². The fourth-order valence-corrected chi connectivity index (χ4v) is 2.53. The van der Waals surface area contributed by atoms with Crippen molar-refractivity contribution in [2.45, 2.75) is 52.1 Å². The van der Waals surface area contributed by atoms with E-state index in [0.29, 0.717) is 5.76 Å². The SMILES string of the molecule is Cc1cc(NC(=O)C(=O)N2C(C)CCCC2C)no1. The summed E-state index contributed by atoms with van der Waals surface area (Å²) in [4.78, 5) is 25.8. The molecule has 2 rings (SSSR count). The van der Waals surface area contributed by atoms with Crippen LogP contribution in [0, 0.1) is 6.92 Å². The number of nitrogens with one attached hydrogen (secondary N) is 1. The molecular formula is C13H19N3O3. The molecule has 1 saturated heterocycles. The largest absolute Gasteiger partial charge is 0.360 e. The van der Waals surface area contributed by atoms with Crippen LogP contribution in [0.25, 0.3) is 0 Å². The third-order valence-electron chi connectivity index (χ3n) is 3.49. The highest BCUT2D eigenvalue weighted by Crippen LogP contribution is 2.22. The summed E-state index contributed by atoms with van der Waals surface area (Å²) in [6, 6.07) is 1.77. The number of piperidine rings is 1. The number of amides is 2. The van der Waals surface area contributed by atoms with Crippen molar-refractivity contribution < 1.29 is 14.1 Å². The van der Waals surface area contributed by atoms with E-state index in [1.807, 2.05) is 13.8 Å². The molecule has 1 aromatic rings. The number of aromatic nitrogens is 1. The van der Waals surface area contributed by atoms with E-state index in [1.165, 1.54) is 0 Å². The van der Waals surface area contributed by atoms with E-state index in [0.717, 1.165) is 19.3 Å². The molecule has 2 atom stereocenters. The van der Waals surface area contributed by atoms with Crippen molar-refractivity contribution in [3.63, 3.8) is 0 Å². The van der Waals surface area contributed by atoms with Gasteiger partial charge in [-0.15, -0.1) is 0 Å². The van der Waals surface area contributed by atoms with Gasteiger partial charge in [0.25, 0.3) is 0 Å². The first-order chi connectivity index (χ1) is 8.99. The zero-order valence-corrected chi connectivity index (χ0v) is 11.5. The summed E-state index contributed by atoms with van der Waals surface area (Å²) in [6.07, 6.45) is 2.97. The molecule has 6 heteroatoms. The van der Waals surface area contributed by atoms with Crippen LogP contribution >= 0.6 is 0 Å². The van der Waals surface area contributed by atoms with E-state index in [2.05, 4.69) is 10.5 Å². The zero-order chi connectivity index (χ0) is 14.0. The van der Waals surface area contributed by atoms with Gasteiger partial charge in [-0.25, -0.2) is 0 Å². The lowest BCUT2D eigenvalue weighted by atomic mass is 9.97. The second-order valence-electron chi connectivity index (χ2n) is 5.12. The van der Waals surface area contributed by atoms with Crippen molar-refractivity contribution in [2.75, 3.05) is 5.32 Å². The predicted molar refractivity (Wildman–Crippen MR) is 69.5 cm³/mol. The molecule has 1 aliphatic rings. The van der Waals surface area contributed by atoms with Crippen LogP contribution in [0.4, 0.5) is 5.82 Å². The molecule has 0 aliphatic carbocycles. The van der Waals surface area contributed by atoms with Crippen LogP contribution in [-0.4, -0.2) is 34.0 Å². The molecule has 1 N–H and O–H groups in total. The molecule has 2 unspecified atom stereocenters. The van der Waals surface area contributed by atoms with Gasteiger partial charge in [-0.2, -0.15) is 0 Å². The third-order valence-corrected chi connectivity index (χ3v) is 3.49. The maximum atomic E-state index is 12.2. The van der Waals surface area contributed by atoms with Gasteiger partial charge in [0, 0.05) is 18.2 Å². The van der Waals surface area contributed by atoms with Crippen LogP contribution in [0.2, 0.25) is 0 Å². The van der Waals surface area contributed by atoms with Gasteiger partial charge >= 0.3 is 11.8 Å². The van der Waals surface area contributed by atoms with E-state index in [4.69, 9.17) is 4.52 Å². The van der Waals surface area contributed by atoms with Crippen LogP contribution < -0.4 is 5.32 Å². The summed E-state index contributed by atoms with van der Waals surface area (Å²) >= 11 is 0. The van der Waals surface area contributed by atoms with Gasteiger partial charge < -0.3 is 9.42 Å². The Hall–Kier alpha value is -1.85. The summed E-state index contributed by atoms with van der Waals surface area (Å²) in [5.41, 5.74) is 0. The van der Waals surface area contributed by atoms with Gasteiger partial charge in [0.05, 0.1) is 0 Å². The molecule has 0 bridgehead atoms. The molecule has 0 saturated carbocycles. The maximum absolute atomic E-state index is 12.2. The third kappa shape index (κ3) is 2.94. The Bertz CT molecular complexity index is 473. The van der Waals surface area contributed by atoms with Crippen LogP contribution in [0.3, 0.4) is 0 Å². The number of carbonyl (C=O) groups excluding carboxylic acids is 2. The highest BCUT2D eigenvalue weighted by Gasteiger charge is 2.32. The predicted octanol–water partition coefficient (Wildman–Crippen LogP) is 1.71. The second-order valence-corrected chi connectivity index (χ2v) is 5.12. The molecule has 1 aromatic heterocycles. The number of rotatable bonds is 1. The van der Waals surface area contributed by atoms with Crippen LogP contribution in [-0.2, 0) is 9.59 Å². The van der Waals surface area contributed by atoms with Gasteiger partial charge in [0.1, 0.15) is 5.76 Å². The van der Waals surface area contributed by atoms with Crippen molar-refractivity contribution in [3.8, 4) is 0 Å². The number of carbonyl (C=O) groups is 2. The minimum Gasteiger partial charge on any atom is -0.360 e. The minimum atomic E-state index is -0.658. The Kier molecular flexibility index (Phi) is 3.87. The number of hydrogen-bond donors (Lipinski definition) is 1. The van der Waals surface area contributed by atoms with Crippen molar-refractivity contribution in [1.29, 1.82) is 0 Å². The number of nitrogens with zero attached hydrogens (tertiary/aromatic N) is 2. The zero-order valence-electron chi connectivity index (χ0n) is 11.5. The summed E-state index contributed by atoms with van der Waals surface area (Å²) < 4.78 is 4.84. The summed E-state index contributed by atoms with van der Waals surface area (Å²) in [5.74, 6) is -0.301. The van der Waals surface area contributed by atoms with Crippen molar-refractivity contribution in [3.05, 3.63) is 11.8 Å². The van der Waals surface area contributed by atoms with Crippen LogP contribution in [0.1, 0.15) is 38.9 Å². The standard InChI is InChI=1S/C13H19N3O3/c1-8-5-4-6-9(2)16(8)13(18)12(17)14-11-7-10(3)19-15-11/h7-9H,4-6H2,1-3H3,(H,14,15,17). The lowest BCUT2D eigenvalue weighted by Gasteiger charge is -2.38. The topological polar surface area (TPSA) is 75.4 Å². The Balaban J connectivity index is 2.03. The average Bonchev–Trinajstić information content (AvgIpc) is 2.74. The first kappa shape index (κ1) is 13.6. The first-order valence-electron chi connectivity index (χ1n) is 6.56. The first-order valence-corrected chi connectivity index (χ1v) is 6.56. The number of hydrogen-bond acceptors (Lipinski definition) is 4. The minimum absolute atomic E-state index is 0.0982. The van der Waals surface area contributed by atoms with Gasteiger partial charge in [-0.1, -0.05) is 5.16 Å². The molecule has 104 valence electrons. The quantitative estimate of drug-likeness (QED) is 0.784. The van der Waals surface area contributed by atoms with Gasteiger partial charge in [0.2, 0.25) is 0 Å². The smallest absolute Gasteiger partial charge is 0.315 e.